The second-order valence-electron chi connectivity index (χ2n) is 8.81. The monoisotopic (exact) mass is 358 g/mol. The standard InChI is InChI=1S/C21H26O5/c1-12-13-4-5-17-20(18(22)24-2)7-3-8-21(17,19(23)26-11-20)15(13)10-16-14(12)6-9-25-16/h6,9,12-13,15,17H,3-5,7-8,10-11H2,1-2H3/t12-,13+,15+,17+,20+,21+/m1/s1. The van der Waals surface area contributed by atoms with Crippen molar-refractivity contribution in [3.8, 4) is 0 Å². The molecule has 5 rings (SSSR count). The maximum Gasteiger partial charge on any atom is 0.315 e. The number of rotatable bonds is 1. The number of esters is 2. The summed E-state index contributed by atoms with van der Waals surface area (Å²) in [6, 6.07) is 2.08. The summed E-state index contributed by atoms with van der Waals surface area (Å²) in [5, 5.41) is 0. The summed E-state index contributed by atoms with van der Waals surface area (Å²) in [4.78, 5) is 26.0. The van der Waals surface area contributed by atoms with Gasteiger partial charge in [0.25, 0.3) is 0 Å². The molecule has 140 valence electrons. The lowest BCUT2D eigenvalue weighted by Crippen LogP contribution is -2.67. The van der Waals surface area contributed by atoms with Gasteiger partial charge < -0.3 is 13.9 Å². The van der Waals surface area contributed by atoms with Gasteiger partial charge in [-0.2, -0.15) is 0 Å². The third-order valence-corrected chi connectivity index (χ3v) is 8.22. The van der Waals surface area contributed by atoms with Crippen LogP contribution in [0, 0.1) is 28.6 Å². The van der Waals surface area contributed by atoms with Crippen molar-refractivity contribution in [3.05, 3.63) is 23.7 Å². The van der Waals surface area contributed by atoms with Crippen molar-refractivity contribution < 1.29 is 23.5 Å². The summed E-state index contributed by atoms with van der Waals surface area (Å²) in [6.45, 7) is 2.44. The Kier molecular flexibility index (Phi) is 3.38. The lowest BCUT2D eigenvalue weighted by Gasteiger charge is -2.62. The molecule has 1 saturated heterocycles. The van der Waals surface area contributed by atoms with Gasteiger partial charge in [-0.25, -0.2) is 0 Å². The summed E-state index contributed by atoms with van der Waals surface area (Å²) in [7, 11) is 1.45. The summed E-state index contributed by atoms with van der Waals surface area (Å²) >= 11 is 0. The summed E-state index contributed by atoms with van der Waals surface area (Å²) in [5.41, 5.74) is 0.0746. The summed E-state index contributed by atoms with van der Waals surface area (Å²) in [5.74, 6) is 1.77. The number of methoxy groups -OCH3 is 1. The number of ether oxygens (including phenoxy) is 2. The molecule has 0 aromatic carbocycles. The minimum absolute atomic E-state index is 0.0300. The molecule has 2 heterocycles. The zero-order valence-corrected chi connectivity index (χ0v) is 15.5. The molecule has 6 atom stereocenters. The molecule has 1 aromatic rings. The number of hydrogen-bond acceptors (Lipinski definition) is 5. The Hall–Kier alpha value is -1.78. The van der Waals surface area contributed by atoms with Gasteiger partial charge in [-0.3, -0.25) is 9.59 Å². The largest absolute Gasteiger partial charge is 0.469 e. The molecule has 0 amide bonds. The Balaban J connectivity index is 1.64. The van der Waals surface area contributed by atoms with Crippen LogP contribution in [0.15, 0.2) is 16.7 Å². The van der Waals surface area contributed by atoms with Crippen LogP contribution in [-0.2, 0) is 25.5 Å². The van der Waals surface area contributed by atoms with E-state index in [1.54, 1.807) is 6.26 Å². The van der Waals surface area contributed by atoms with Gasteiger partial charge in [-0.05, 0) is 61.0 Å². The molecule has 4 aliphatic rings. The molecule has 3 fully saturated rings. The van der Waals surface area contributed by atoms with E-state index in [9.17, 15) is 9.59 Å². The Bertz CT molecular complexity index is 766. The van der Waals surface area contributed by atoms with E-state index in [-0.39, 0.29) is 30.4 Å². The number of hydrogen-bond donors (Lipinski definition) is 0. The van der Waals surface area contributed by atoms with E-state index >= 15 is 0 Å². The highest BCUT2D eigenvalue weighted by Crippen LogP contribution is 2.67. The van der Waals surface area contributed by atoms with E-state index < -0.39 is 10.8 Å². The van der Waals surface area contributed by atoms with Gasteiger partial charge in [0.05, 0.1) is 18.8 Å². The van der Waals surface area contributed by atoms with Crippen LogP contribution >= 0.6 is 0 Å². The van der Waals surface area contributed by atoms with Crippen LogP contribution in [0.5, 0.6) is 0 Å². The number of carbonyl (C=O) groups is 2. The maximum atomic E-state index is 13.2. The molecular weight excluding hydrogens is 332 g/mol. The molecule has 1 aliphatic heterocycles. The predicted molar refractivity (Wildman–Crippen MR) is 92.2 cm³/mol. The van der Waals surface area contributed by atoms with Gasteiger partial charge in [0.15, 0.2) is 0 Å². The van der Waals surface area contributed by atoms with Crippen LogP contribution in [0.1, 0.15) is 56.3 Å². The first kappa shape index (κ1) is 16.4. The molecule has 26 heavy (non-hydrogen) atoms. The van der Waals surface area contributed by atoms with Crippen molar-refractivity contribution in [1.82, 2.24) is 0 Å². The molecule has 5 heteroatoms. The van der Waals surface area contributed by atoms with Crippen molar-refractivity contribution in [3.63, 3.8) is 0 Å². The zero-order valence-electron chi connectivity index (χ0n) is 15.5. The first-order valence-electron chi connectivity index (χ1n) is 9.86. The van der Waals surface area contributed by atoms with E-state index in [0.717, 1.165) is 44.3 Å². The summed E-state index contributed by atoms with van der Waals surface area (Å²) in [6.07, 6.45) is 6.96. The highest BCUT2D eigenvalue weighted by atomic mass is 16.6. The minimum atomic E-state index is -0.654. The third-order valence-electron chi connectivity index (χ3n) is 8.22. The fourth-order valence-electron chi connectivity index (χ4n) is 7.15. The molecule has 0 spiro atoms. The number of carbonyl (C=O) groups excluding carboxylic acids is 2. The van der Waals surface area contributed by atoms with E-state index in [1.165, 1.54) is 12.7 Å². The van der Waals surface area contributed by atoms with E-state index in [4.69, 9.17) is 13.9 Å². The molecule has 2 saturated carbocycles. The quantitative estimate of drug-likeness (QED) is 0.719. The van der Waals surface area contributed by atoms with Crippen molar-refractivity contribution in [2.75, 3.05) is 13.7 Å². The molecule has 2 bridgehead atoms. The SMILES string of the molecule is COC(=O)[C@@]12CCC[C@]3(C(=O)OC1)[C@H]1Cc4occc4[C@H](C)[C@@H]1CC[C@@H]23. The zero-order chi connectivity index (χ0) is 18.1. The van der Waals surface area contributed by atoms with Gasteiger partial charge >= 0.3 is 11.9 Å². The van der Waals surface area contributed by atoms with Crippen molar-refractivity contribution >= 4 is 11.9 Å². The van der Waals surface area contributed by atoms with Crippen molar-refractivity contribution in [2.45, 2.75) is 51.4 Å². The highest BCUT2D eigenvalue weighted by Gasteiger charge is 2.70. The van der Waals surface area contributed by atoms with E-state index in [0.29, 0.717) is 11.8 Å². The Morgan fingerprint density at radius 3 is 2.96 bits per heavy atom. The fourth-order valence-corrected chi connectivity index (χ4v) is 7.15. The lowest BCUT2D eigenvalue weighted by atomic mass is 9.41. The van der Waals surface area contributed by atoms with Gasteiger partial charge in [-0.15, -0.1) is 0 Å². The van der Waals surface area contributed by atoms with Gasteiger partial charge in [0.1, 0.15) is 17.8 Å². The van der Waals surface area contributed by atoms with Gasteiger partial charge in [0.2, 0.25) is 0 Å². The average molecular weight is 358 g/mol. The van der Waals surface area contributed by atoms with Gasteiger partial charge in [0, 0.05) is 6.42 Å². The first-order chi connectivity index (χ1) is 12.5. The minimum Gasteiger partial charge on any atom is -0.469 e. The second kappa shape index (κ2) is 5.37. The Labute approximate surface area is 153 Å². The number of furan rings is 1. The number of cyclic esters (lactones) is 1. The van der Waals surface area contributed by atoms with E-state index in [1.807, 2.05) is 0 Å². The second-order valence-corrected chi connectivity index (χ2v) is 8.81. The molecule has 5 nitrogen and oxygen atoms in total. The lowest BCUT2D eigenvalue weighted by molar-refractivity contribution is -0.228. The average Bonchev–Trinajstić information content (AvgIpc) is 3.13. The normalized spacial score (nSPS) is 43.5. The maximum absolute atomic E-state index is 13.2. The van der Waals surface area contributed by atoms with E-state index in [2.05, 4.69) is 13.0 Å². The van der Waals surface area contributed by atoms with Crippen LogP contribution in [0.4, 0.5) is 0 Å². The molecule has 0 unspecified atom stereocenters. The van der Waals surface area contributed by atoms with Crippen molar-refractivity contribution in [1.29, 1.82) is 0 Å². The first-order valence-corrected chi connectivity index (χ1v) is 9.86. The van der Waals surface area contributed by atoms with Crippen molar-refractivity contribution in [2.24, 2.45) is 28.6 Å². The van der Waals surface area contributed by atoms with Crippen LogP contribution in [0.2, 0.25) is 0 Å². The molecule has 1 aromatic heterocycles. The number of fused-ring (bicyclic) bond motifs is 2. The third kappa shape index (κ3) is 1.77. The molecule has 0 N–H and O–H groups in total. The molecule has 0 radical (unpaired) electrons. The molecule has 3 aliphatic carbocycles. The van der Waals surface area contributed by atoms with Gasteiger partial charge in [-0.1, -0.05) is 13.3 Å². The van der Waals surface area contributed by atoms with Crippen LogP contribution < -0.4 is 0 Å². The highest BCUT2D eigenvalue weighted by molar-refractivity contribution is 5.86. The smallest absolute Gasteiger partial charge is 0.315 e. The Morgan fingerprint density at radius 2 is 2.15 bits per heavy atom. The van der Waals surface area contributed by atoms with Crippen LogP contribution in [0.3, 0.4) is 0 Å². The predicted octanol–water partition coefficient (Wildman–Crippen LogP) is 3.47. The van der Waals surface area contributed by atoms with Crippen LogP contribution in [0.25, 0.3) is 0 Å². The summed E-state index contributed by atoms with van der Waals surface area (Å²) < 4.78 is 16.7. The molecular formula is C21H26O5. The Morgan fingerprint density at radius 1 is 1.31 bits per heavy atom. The van der Waals surface area contributed by atoms with Crippen LogP contribution in [-0.4, -0.2) is 25.7 Å². The fraction of sp³-hybridized carbons (Fsp3) is 0.714. The topological polar surface area (TPSA) is 65.7 Å².